The molecule has 0 radical (unpaired) electrons. The van der Waals surface area contributed by atoms with Crippen LogP contribution in [0, 0.1) is 0 Å². The average Bonchev–Trinajstić information content (AvgIpc) is 2.92. The van der Waals surface area contributed by atoms with E-state index in [4.69, 9.17) is 16.3 Å². The third-order valence-electron chi connectivity index (χ3n) is 2.33. The number of aromatic amines is 1. The van der Waals surface area contributed by atoms with Crippen molar-refractivity contribution in [1.82, 2.24) is 15.2 Å². The van der Waals surface area contributed by atoms with Gasteiger partial charge in [0.05, 0.1) is 17.8 Å². The summed E-state index contributed by atoms with van der Waals surface area (Å²) in [6, 6.07) is 2.87. The third-order valence-corrected chi connectivity index (χ3v) is 3.88. The molecule has 2 aromatic heterocycles. The monoisotopic (exact) mass is 330 g/mol. The first kappa shape index (κ1) is 15.3. The van der Waals surface area contributed by atoms with Gasteiger partial charge in [-0.15, -0.1) is 0 Å². The van der Waals surface area contributed by atoms with Gasteiger partial charge in [-0.25, -0.2) is 9.78 Å². The summed E-state index contributed by atoms with van der Waals surface area (Å²) in [4.78, 5) is 15.5. The van der Waals surface area contributed by atoms with E-state index in [1.165, 1.54) is 18.3 Å². The van der Waals surface area contributed by atoms with Crippen LogP contribution in [0.15, 0.2) is 29.6 Å². The van der Waals surface area contributed by atoms with Crippen molar-refractivity contribution < 1.29 is 17.9 Å². The highest BCUT2D eigenvalue weighted by atomic mass is 35.5. The maximum atomic E-state index is 12.2. The van der Waals surface area contributed by atoms with Crippen molar-refractivity contribution in [3.05, 3.63) is 35.1 Å². The lowest BCUT2D eigenvalue weighted by atomic mass is 10.4. The Morgan fingerprint density at radius 3 is 2.81 bits per heavy atom. The minimum atomic E-state index is -4.05. The van der Waals surface area contributed by atoms with Gasteiger partial charge in [0.2, 0.25) is 0 Å². The smallest absolute Gasteiger partial charge is 0.342 e. The number of hydrogen-bond acceptors (Lipinski definition) is 6. The third kappa shape index (κ3) is 3.50. The summed E-state index contributed by atoms with van der Waals surface area (Å²) < 4.78 is 31.4. The highest BCUT2D eigenvalue weighted by Crippen LogP contribution is 2.18. The number of H-pyrrole nitrogens is 1. The van der Waals surface area contributed by atoms with Crippen molar-refractivity contribution in [2.75, 3.05) is 11.3 Å². The van der Waals surface area contributed by atoms with Crippen molar-refractivity contribution in [2.45, 2.75) is 11.9 Å². The number of ether oxygens (including phenoxy) is 1. The summed E-state index contributed by atoms with van der Waals surface area (Å²) in [5.41, 5.74) is -0.182. The molecular weight excluding hydrogens is 320 g/mol. The van der Waals surface area contributed by atoms with E-state index in [-0.39, 0.29) is 18.0 Å². The number of esters is 1. The van der Waals surface area contributed by atoms with Crippen molar-refractivity contribution in [3.63, 3.8) is 0 Å². The van der Waals surface area contributed by atoms with Gasteiger partial charge in [0.25, 0.3) is 10.0 Å². The fourth-order valence-electron chi connectivity index (χ4n) is 1.46. The van der Waals surface area contributed by atoms with Crippen molar-refractivity contribution >= 4 is 33.4 Å². The molecule has 2 N–H and O–H groups in total. The van der Waals surface area contributed by atoms with Gasteiger partial charge in [0, 0.05) is 6.20 Å². The van der Waals surface area contributed by atoms with Crippen LogP contribution in [0.2, 0.25) is 5.02 Å². The largest absolute Gasteiger partial charge is 0.462 e. The Hall–Kier alpha value is -2.13. The van der Waals surface area contributed by atoms with Crippen LogP contribution in [0.1, 0.15) is 17.3 Å². The second-order valence-electron chi connectivity index (χ2n) is 3.80. The van der Waals surface area contributed by atoms with Gasteiger partial charge in [-0.3, -0.25) is 9.82 Å². The average molecular weight is 331 g/mol. The van der Waals surface area contributed by atoms with Crippen LogP contribution < -0.4 is 4.72 Å². The summed E-state index contributed by atoms with van der Waals surface area (Å²) in [5, 5.41) is 5.80. The Kier molecular flexibility index (Phi) is 4.43. The summed E-state index contributed by atoms with van der Waals surface area (Å²) in [6.45, 7) is 1.73. The Morgan fingerprint density at radius 2 is 2.19 bits per heavy atom. The number of nitrogens with one attached hydrogen (secondary N) is 2. The number of nitrogens with zero attached hydrogens (tertiary/aromatic N) is 2. The van der Waals surface area contributed by atoms with Gasteiger partial charge in [-0.05, 0) is 19.1 Å². The summed E-state index contributed by atoms with van der Waals surface area (Å²) >= 11 is 5.67. The molecule has 0 bridgehead atoms. The lowest BCUT2D eigenvalue weighted by Crippen LogP contribution is -2.18. The standard InChI is InChI=1S/C11H11ClN4O4S/c1-2-20-11(17)8-6-14-15-10(8)21(18,19)16-9-4-3-7(12)5-13-9/h3-6H,2H2,1H3,(H,13,16)(H,14,15). The van der Waals surface area contributed by atoms with E-state index < -0.39 is 21.0 Å². The number of carbonyl (C=O) groups is 1. The molecule has 0 amide bonds. The molecule has 8 nitrogen and oxygen atoms in total. The van der Waals surface area contributed by atoms with Gasteiger partial charge in [-0.1, -0.05) is 11.6 Å². The number of sulfonamides is 1. The van der Waals surface area contributed by atoms with Crippen molar-refractivity contribution in [1.29, 1.82) is 0 Å². The molecule has 0 saturated heterocycles. The SMILES string of the molecule is CCOC(=O)c1cn[nH]c1S(=O)(=O)Nc1ccc(Cl)cn1. The van der Waals surface area contributed by atoms with Gasteiger partial charge in [0.1, 0.15) is 11.4 Å². The summed E-state index contributed by atoms with van der Waals surface area (Å²) in [5.74, 6) is -0.723. The molecule has 0 spiro atoms. The molecule has 2 rings (SSSR count). The Bertz CT molecular complexity index is 742. The van der Waals surface area contributed by atoms with Crippen LogP contribution in [0.4, 0.5) is 5.82 Å². The summed E-state index contributed by atoms with van der Waals surface area (Å²) in [6.07, 6.45) is 2.38. The van der Waals surface area contributed by atoms with E-state index in [1.807, 2.05) is 0 Å². The molecule has 0 aromatic carbocycles. The van der Waals surface area contributed by atoms with Crippen LogP contribution in [0.3, 0.4) is 0 Å². The predicted molar refractivity (Wildman–Crippen MR) is 74.6 cm³/mol. The molecule has 112 valence electrons. The number of halogens is 1. The maximum Gasteiger partial charge on any atom is 0.342 e. The summed E-state index contributed by atoms with van der Waals surface area (Å²) in [7, 11) is -4.05. The molecule has 0 saturated carbocycles. The number of hydrogen-bond donors (Lipinski definition) is 2. The Labute approximate surface area is 125 Å². The van der Waals surface area contributed by atoms with Crippen LogP contribution in [0.5, 0.6) is 0 Å². The molecular formula is C11H11ClN4O4S. The van der Waals surface area contributed by atoms with E-state index >= 15 is 0 Å². The minimum absolute atomic E-state index is 0.0591. The maximum absolute atomic E-state index is 12.2. The van der Waals surface area contributed by atoms with Gasteiger partial charge < -0.3 is 4.74 Å². The van der Waals surface area contributed by atoms with Gasteiger partial charge in [-0.2, -0.15) is 13.5 Å². The van der Waals surface area contributed by atoms with E-state index in [9.17, 15) is 13.2 Å². The van der Waals surface area contributed by atoms with Crippen molar-refractivity contribution in [2.24, 2.45) is 0 Å². The number of carbonyl (C=O) groups excluding carboxylic acids is 1. The van der Waals surface area contributed by atoms with Crippen LogP contribution in [0.25, 0.3) is 0 Å². The zero-order valence-electron chi connectivity index (χ0n) is 10.8. The van der Waals surface area contributed by atoms with E-state index in [1.54, 1.807) is 6.92 Å². The molecule has 0 aliphatic carbocycles. The first-order chi connectivity index (χ1) is 9.94. The molecule has 0 fully saturated rings. The van der Waals surface area contributed by atoms with Gasteiger partial charge >= 0.3 is 5.97 Å². The lowest BCUT2D eigenvalue weighted by molar-refractivity contribution is 0.0522. The number of aromatic nitrogens is 3. The van der Waals surface area contributed by atoms with E-state index in [0.717, 1.165) is 6.20 Å². The van der Waals surface area contributed by atoms with Crippen LogP contribution in [-0.2, 0) is 14.8 Å². The number of anilines is 1. The number of rotatable bonds is 5. The highest BCUT2D eigenvalue weighted by Gasteiger charge is 2.26. The van der Waals surface area contributed by atoms with Gasteiger partial charge in [0.15, 0.2) is 5.03 Å². The molecule has 0 aliphatic heterocycles. The molecule has 2 heterocycles. The van der Waals surface area contributed by atoms with Crippen molar-refractivity contribution in [3.8, 4) is 0 Å². The molecule has 0 aliphatic rings. The second-order valence-corrected chi connectivity index (χ2v) is 5.86. The fraction of sp³-hybridized carbons (Fsp3) is 0.182. The zero-order valence-corrected chi connectivity index (χ0v) is 12.4. The highest BCUT2D eigenvalue weighted by molar-refractivity contribution is 7.92. The second kappa shape index (κ2) is 6.10. The quantitative estimate of drug-likeness (QED) is 0.802. The first-order valence-electron chi connectivity index (χ1n) is 5.79. The normalized spacial score (nSPS) is 11.1. The van der Waals surface area contributed by atoms with Crippen LogP contribution in [-0.4, -0.2) is 36.2 Å². The topological polar surface area (TPSA) is 114 Å². The molecule has 21 heavy (non-hydrogen) atoms. The first-order valence-corrected chi connectivity index (χ1v) is 7.65. The molecule has 0 atom stereocenters. The predicted octanol–water partition coefficient (Wildman–Crippen LogP) is 1.44. The lowest BCUT2D eigenvalue weighted by Gasteiger charge is -2.07. The van der Waals surface area contributed by atoms with E-state index in [0.29, 0.717) is 5.02 Å². The van der Waals surface area contributed by atoms with E-state index in [2.05, 4.69) is 19.9 Å². The minimum Gasteiger partial charge on any atom is -0.462 e. The van der Waals surface area contributed by atoms with Crippen LogP contribution >= 0.6 is 11.6 Å². The number of pyridine rings is 1. The molecule has 0 unspecified atom stereocenters. The fourth-order valence-corrected chi connectivity index (χ4v) is 2.67. The Balaban J connectivity index is 2.30. The molecule has 10 heteroatoms. The zero-order chi connectivity index (χ0) is 15.5. The molecule has 2 aromatic rings. The Morgan fingerprint density at radius 1 is 1.43 bits per heavy atom.